The van der Waals surface area contributed by atoms with Crippen LogP contribution in [0.5, 0.6) is 0 Å². The van der Waals surface area contributed by atoms with Crippen molar-refractivity contribution in [1.82, 2.24) is 9.72 Å². The predicted molar refractivity (Wildman–Crippen MR) is 135 cm³/mol. The molecule has 2 fully saturated rings. The van der Waals surface area contributed by atoms with E-state index < -0.39 is 29.0 Å². The van der Waals surface area contributed by atoms with Gasteiger partial charge in [0.2, 0.25) is 0 Å². The van der Waals surface area contributed by atoms with Crippen LogP contribution in [0.4, 0.5) is 14.9 Å². The van der Waals surface area contributed by atoms with Gasteiger partial charge in [0.25, 0.3) is 5.56 Å². The lowest BCUT2D eigenvalue weighted by Crippen LogP contribution is -2.42. The van der Waals surface area contributed by atoms with Crippen molar-refractivity contribution in [3.63, 3.8) is 0 Å². The average molecular weight is 502 g/mol. The highest BCUT2D eigenvalue weighted by Crippen LogP contribution is 2.44. The van der Waals surface area contributed by atoms with Gasteiger partial charge in [-0.1, -0.05) is 0 Å². The molecule has 196 valence electrons. The van der Waals surface area contributed by atoms with Gasteiger partial charge >= 0.3 is 12.1 Å². The maximum atomic E-state index is 15.6. The molecule has 1 aliphatic carbocycles. The smallest absolute Gasteiger partial charge is 0.407 e. The van der Waals surface area contributed by atoms with Crippen molar-refractivity contribution in [3.8, 4) is 0 Å². The first-order chi connectivity index (χ1) is 16.9. The van der Waals surface area contributed by atoms with E-state index in [0.717, 1.165) is 24.8 Å². The van der Waals surface area contributed by atoms with Gasteiger partial charge in [0, 0.05) is 19.1 Å². The number of pyridine rings is 2. The number of ether oxygens (including phenoxy) is 2. The van der Waals surface area contributed by atoms with Gasteiger partial charge in [0.15, 0.2) is 5.82 Å². The first kappa shape index (κ1) is 26.0. The highest BCUT2D eigenvalue weighted by Gasteiger charge is 2.34. The molecule has 1 amide bonds. The summed E-state index contributed by atoms with van der Waals surface area (Å²) < 4.78 is 27.3. The summed E-state index contributed by atoms with van der Waals surface area (Å²) in [6.45, 7) is 12.2. The molecule has 8 nitrogen and oxygen atoms in total. The number of nitrogens with zero attached hydrogens (tertiary/aromatic N) is 2. The Kier molecular flexibility index (Phi) is 7.03. The summed E-state index contributed by atoms with van der Waals surface area (Å²) in [7, 11) is 0. The summed E-state index contributed by atoms with van der Waals surface area (Å²) >= 11 is 0. The molecule has 0 radical (unpaired) electrons. The Morgan fingerprint density at radius 1 is 1.25 bits per heavy atom. The fraction of sp³-hybridized carbons (Fsp3) is 0.593. The third kappa shape index (κ3) is 5.20. The molecule has 0 spiro atoms. The fourth-order valence-electron chi connectivity index (χ4n) is 5.10. The Morgan fingerprint density at radius 3 is 2.56 bits per heavy atom. The van der Waals surface area contributed by atoms with E-state index >= 15 is 4.39 Å². The summed E-state index contributed by atoms with van der Waals surface area (Å²) in [4.78, 5) is 39.8. The van der Waals surface area contributed by atoms with Gasteiger partial charge in [-0.2, -0.15) is 0 Å². The number of amides is 1. The molecular weight excluding hydrogens is 465 g/mol. The first-order valence-corrected chi connectivity index (χ1v) is 12.7. The molecule has 2 aliphatic rings. The Morgan fingerprint density at radius 2 is 1.94 bits per heavy atom. The Hall–Kier alpha value is -3.10. The maximum absolute atomic E-state index is 15.6. The third-order valence-corrected chi connectivity index (χ3v) is 6.95. The van der Waals surface area contributed by atoms with Gasteiger partial charge in [-0.05, 0) is 89.8 Å². The van der Waals surface area contributed by atoms with E-state index in [1.807, 2.05) is 39.5 Å². The third-order valence-electron chi connectivity index (χ3n) is 6.95. The van der Waals surface area contributed by atoms with E-state index in [1.54, 1.807) is 13.0 Å². The van der Waals surface area contributed by atoms with Gasteiger partial charge in [-0.3, -0.25) is 9.20 Å². The highest BCUT2D eigenvalue weighted by molar-refractivity contribution is 5.90. The van der Waals surface area contributed by atoms with Crippen molar-refractivity contribution < 1.29 is 23.5 Å². The summed E-state index contributed by atoms with van der Waals surface area (Å²) in [5.41, 5.74) is 1.47. The number of nitrogens with one attached hydrogen (secondary N) is 1. The average Bonchev–Trinajstić information content (AvgIpc) is 3.50. The van der Waals surface area contributed by atoms with Crippen LogP contribution in [0.15, 0.2) is 17.1 Å². The summed E-state index contributed by atoms with van der Waals surface area (Å²) in [6.07, 6.45) is 3.44. The molecule has 2 aromatic heterocycles. The lowest BCUT2D eigenvalue weighted by atomic mass is 10.0. The zero-order chi connectivity index (χ0) is 26.4. The Balaban J connectivity index is 1.65. The van der Waals surface area contributed by atoms with E-state index in [1.165, 1.54) is 10.6 Å². The molecular formula is C27H36FN3O5. The van der Waals surface area contributed by atoms with E-state index in [9.17, 15) is 14.4 Å². The number of rotatable bonds is 6. The minimum Gasteiger partial charge on any atom is -0.462 e. The number of hydrogen-bond donors (Lipinski definition) is 1. The van der Waals surface area contributed by atoms with E-state index in [4.69, 9.17) is 9.47 Å². The lowest BCUT2D eigenvalue weighted by Gasteiger charge is -2.26. The van der Waals surface area contributed by atoms with Crippen molar-refractivity contribution in [1.29, 1.82) is 0 Å². The van der Waals surface area contributed by atoms with Crippen LogP contribution in [0.3, 0.4) is 0 Å². The van der Waals surface area contributed by atoms with Crippen LogP contribution in [-0.2, 0) is 9.47 Å². The molecule has 1 saturated heterocycles. The van der Waals surface area contributed by atoms with E-state index in [-0.39, 0.29) is 30.0 Å². The minimum absolute atomic E-state index is 0.0638. The number of halogens is 1. The van der Waals surface area contributed by atoms with Crippen LogP contribution in [0.25, 0.3) is 5.52 Å². The minimum atomic E-state index is -0.685. The van der Waals surface area contributed by atoms with Crippen molar-refractivity contribution in [2.75, 3.05) is 24.6 Å². The van der Waals surface area contributed by atoms with Gasteiger partial charge in [-0.25, -0.2) is 14.0 Å². The van der Waals surface area contributed by atoms with Crippen LogP contribution in [-0.4, -0.2) is 47.8 Å². The number of anilines is 1. The molecule has 9 heteroatoms. The largest absolute Gasteiger partial charge is 0.462 e. The molecule has 1 saturated carbocycles. The second-order valence-corrected chi connectivity index (χ2v) is 10.9. The monoisotopic (exact) mass is 501 g/mol. The zero-order valence-corrected chi connectivity index (χ0v) is 21.9. The molecule has 0 unspecified atom stereocenters. The topological polar surface area (TPSA) is 89.3 Å². The molecule has 4 rings (SSSR count). The van der Waals surface area contributed by atoms with Gasteiger partial charge < -0.3 is 19.7 Å². The van der Waals surface area contributed by atoms with Crippen LogP contribution in [0.2, 0.25) is 0 Å². The number of esters is 1. The maximum Gasteiger partial charge on any atom is 0.407 e. The zero-order valence-electron chi connectivity index (χ0n) is 21.9. The van der Waals surface area contributed by atoms with Gasteiger partial charge in [0.05, 0.1) is 24.0 Å². The molecule has 2 aromatic rings. The summed E-state index contributed by atoms with van der Waals surface area (Å²) in [5.74, 6) is -0.855. The number of aromatic nitrogens is 1. The summed E-state index contributed by atoms with van der Waals surface area (Å²) in [5, 5.41) is 2.91. The molecule has 0 aromatic carbocycles. The predicted octanol–water partition coefficient (Wildman–Crippen LogP) is 4.54. The molecule has 1 N–H and O–H groups in total. The highest BCUT2D eigenvalue weighted by atomic mass is 19.1. The number of carbonyl (C=O) groups excluding carboxylic acids is 2. The molecule has 36 heavy (non-hydrogen) atoms. The van der Waals surface area contributed by atoms with Crippen LogP contribution in [0.1, 0.15) is 81.3 Å². The Labute approximate surface area is 210 Å². The fourth-order valence-corrected chi connectivity index (χ4v) is 5.10. The quantitative estimate of drug-likeness (QED) is 0.585. The second kappa shape index (κ2) is 9.75. The SMILES string of the molecule is CCOC(=O)c1cc(C2CC2)c2c(C)c(N3CC[C@@H]([C@H](C)NC(=O)OC(C)(C)C)C3)c(F)cn2c1=O. The van der Waals surface area contributed by atoms with Crippen molar-refractivity contribution in [2.45, 2.75) is 78.4 Å². The number of carbonyl (C=O) groups is 2. The number of fused-ring (bicyclic) bond motifs is 1. The first-order valence-electron chi connectivity index (χ1n) is 12.7. The summed E-state index contributed by atoms with van der Waals surface area (Å²) in [6, 6.07) is 1.49. The van der Waals surface area contributed by atoms with Crippen molar-refractivity contribution in [2.24, 2.45) is 5.92 Å². The van der Waals surface area contributed by atoms with Crippen molar-refractivity contribution >= 4 is 23.3 Å². The standard InChI is InChI=1S/C27H36FN3O5/c1-7-35-25(33)20-12-19(17-8-9-17)22-15(2)23(21(28)14-31(22)24(20)32)30-11-10-18(13-30)16(3)29-26(34)36-27(4,5)6/h12,14,16-18H,7-11,13H2,1-6H3,(H,29,34)/t16-,18+/m0/s1. The lowest BCUT2D eigenvalue weighted by molar-refractivity contribution is 0.0491. The van der Waals surface area contributed by atoms with Gasteiger partial charge in [0.1, 0.15) is 11.2 Å². The van der Waals surface area contributed by atoms with E-state index in [2.05, 4.69) is 5.32 Å². The van der Waals surface area contributed by atoms with Crippen LogP contribution >= 0.6 is 0 Å². The number of hydrogen-bond acceptors (Lipinski definition) is 6. The molecule has 3 heterocycles. The van der Waals surface area contributed by atoms with Crippen LogP contribution < -0.4 is 15.8 Å². The molecule has 0 bridgehead atoms. The molecule has 2 atom stereocenters. The van der Waals surface area contributed by atoms with Crippen molar-refractivity contribution in [3.05, 3.63) is 45.1 Å². The second-order valence-electron chi connectivity index (χ2n) is 10.9. The van der Waals surface area contributed by atoms with Crippen LogP contribution in [0, 0.1) is 18.7 Å². The number of aryl methyl sites for hydroxylation is 1. The normalized spacial score (nSPS) is 18.9. The van der Waals surface area contributed by atoms with Gasteiger partial charge in [-0.15, -0.1) is 0 Å². The van der Waals surface area contributed by atoms with E-state index in [0.29, 0.717) is 29.9 Å². The Bertz CT molecular complexity index is 1240. The molecule has 1 aliphatic heterocycles. The number of alkyl carbamates (subject to hydrolysis) is 1.